The molecule has 3 nitrogen and oxygen atoms in total. The van der Waals surface area contributed by atoms with E-state index in [1.54, 1.807) is 0 Å². The Balaban J connectivity index is 2.09. The molecule has 0 amide bonds. The number of halogens is 1. The molecule has 0 aliphatic carbocycles. The van der Waals surface area contributed by atoms with Crippen LogP contribution in [0.3, 0.4) is 0 Å². The van der Waals surface area contributed by atoms with E-state index in [9.17, 15) is 0 Å². The third kappa shape index (κ3) is 4.21. The second-order valence-corrected chi connectivity index (χ2v) is 6.30. The van der Waals surface area contributed by atoms with E-state index < -0.39 is 0 Å². The summed E-state index contributed by atoms with van der Waals surface area (Å²) in [6.07, 6.45) is 3.88. The summed E-state index contributed by atoms with van der Waals surface area (Å²) in [5, 5.41) is 3.26. The molecule has 1 fully saturated rings. The van der Waals surface area contributed by atoms with Crippen LogP contribution in [0.15, 0.2) is 22.7 Å². The van der Waals surface area contributed by atoms with Crippen LogP contribution in [0.1, 0.15) is 31.7 Å². The van der Waals surface area contributed by atoms with E-state index in [0.717, 1.165) is 37.1 Å². The predicted octanol–water partition coefficient (Wildman–Crippen LogP) is 3.56. The van der Waals surface area contributed by atoms with Crippen LogP contribution in [0, 0.1) is 0 Å². The lowest BCUT2D eigenvalue weighted by atomic mass is 10.0. The first-order chi connectivity index (χ1) is 9.74. The van der Waals surface area contributed by atoms with E-state index in [0.29, 0.717) is 6.10 Å². The first-order valence-corrected chi connectivity index (χ1v) is 8.33. The molecule has 0 saturated carbocycles. The lowest BCUT2D eigenvalue weighted by Crippen LogP contribution is -2.40. The molecule has 1 aliphatic heterocycles. The maximum absolute atomic E-state index is 5.94. The molecule has 0 spiro atoms. The minimum absolute atomic E-state index is 0.384. The molecule has 4 heteroatoms. The summed E-state index contributed by atoms with van der Waals surface area (Å²) in [6, 6.07) is 6.56. The Bertz CT molecular complexity index is 425. The highest BCUT2D eigenvalue weighted by Crippen LogP contribution is 2.28. The van der Waals surface area contributed by atoms with Crippen molar-refractivity contribution in [3.05, 3.63) is 28.2 Å². The molecule has 1 aliphatic rings. The zero-order valence-corrected chi connectivity index (χ0v) is 14.1. The number of anilines is 1. The van der Waals surface area contributed by atoms with Gasteiger partial charge in [0, 0.05) is 36.4 Å². The Kier molecular flexibility index (Phi) is 6.33. The fourth-order valence-corrected chi connectivity index (χ4v) is 3.18. The molecule has 1 unspecified atom stereocenters. The Morgan fingerprint density at radius 2 is 2.30 bits per heavy atom. The zero-order chi connectivity index (χ0) is 14.4. The van der Waals surface area contributed by atoms with Gasteiger partial charge in [0.1, 0.15) is 0 Å². The van der Waals surface area contributed by atoms with Crippen LogP contribution in [0.5, 0.6) is 0 Å². The van der Waals surface area contributed by atoms with Crippen molar-refractivity contribution in [2.45, 2.75) is 38.8 Å². The molecule has 112 valence electrons. The quantitative estimate of drug-likeness (QED) is 0.856. The molecule has 20 heavy (non-hydrogen) atoms. The summed E-state index contributed by atoms with van der Waals surface area (Å²) >= 11 is 3.57. The van der Waals surface area contributed by atoms with E-state index in [-0.39, 0.29) is 0 Å². The van der Waals surface area contributed by atoms with E-state index in [1.165, 1.54) is 24.1 Å². The second kappa shape index (κ2) is 8.01. The molecule has 1 aromatic rings. The summed E-state index contributed by atoms with van der Waals surface area (Å²) < 4.78 is 7.08. The van der Waals surface area contributed by atoms with Crippen LogP contribution in [0.25, 0.3) is 0 Å². The average molecular weight is 341 g/mol. The van der Waals surface area contributed by atoms with Crippen LogP contribution in [-0.4, -0.2) is 32.8 Å². The van der Waals surface area contributed by atoms with Gasteiger partial charge in [0.2, 0.25) is 0 Å². The molecule has 1 N–H and O–H groups in total. The van der Waals surface area contributed by atoms with E-state index in [4.69, 9.17) is 4.74 Å². The number of ether oxygens (including phenoxy) is 1. The molecule has 1 atom stereocenters. The third-order valence-corrected chi connectivity index (χ3v) is 4.18. The maximum Gasteiger partial charge on any atom is 0.0750 e. The van der Waals surface area contributed by atoms with Gasteiger partial charge in [-0.05, 0) is 50.1 Å². The van der Waals surface area contributed by atoms with Gasteiger partial charge < -0.3 is 15.0 Å². The molecule has 0 bridgehead atoms. The summed E-state index contributed by atoms with van der Waals surface area (Å²) in [4.78, 5) is 2.48. The highest BCUT2D eigenvalue weighted by Gasteiger charge is 2.22. The Hall–Kier alpha value is -0.580. The van der Waals surface area contributed by atoms with Crippen molar-refractivity contribution in [1.82, 2.24) is 5.32 Å². The van der Waals surface area contributed by atoms with Crippen LogP contribution >= 0.6 is 15.9 Å². The molecule has 0 radical (unpaired) electrons. The Labute approximate surface area is 130 Å². The topological polar surface area (TPSA) is 24.5 Å². The summed E-state index contributed by atoms with van der Waals surface area (Å²) in [7, 11) is 1.99. The summed E-state index contributed by atoms with van der Waals surface area (Å²) in [5.41, 5.74) is 2.69. The van der Waals surface area contributed by atoms with Crippen LogP contribution < -0.4 is 10.2 Å². The van der Waals surface area contributed by atoms with Crippen molar-refractivity contribution in [2.75, 3.05) is 31.6 Å². The second-order valence-electron chi connectivity index (χ2n) is 5.38. The number of nitrogens with one attached hydrogen (secondary N) is 1. The zero-order valence-electron chi connectivity index (χ0n) is 12.5. The smallest absolute Gasteiger partial charge is 0.0750 e. The number of rotatable bonds is 6. The predicted molar refractivity (Wildman–Crippen MR) is 88.4 cm³/mol. The number of piperidine rings is 1. The highest BCUT2D eigenvalue weighted by atomic mass is 79.9. The van der Waals surface area contributed by atoms with Gasteiger partial charge in [-0.2, -0.15) is 0 Å². The van der Waals surface area contributed by atoms with Crippen molar-refractivity contribution >= 4 is 21.6 Å². The van der Waals surface area contributed by atoms with Crippen LogP contribution in [-0.2, 0) is 11.3 Å². The fourth-order valence-electron chi connectivity index (χ4n) is 2.77. The SMILES string of the molecule is CCCOC1CCCN(c2ccc(Br)cc2CNC)C1. The largest absolute Gasteiger partial charge is 0.376 e. The van der Waals surface area contributed by atoms with Gasteiger partial charge in [-0.25, -0.2) is 0 Å². The minimum atomic E-state index is 0.384. The molecular weight excluding hydrogens is 316 g/mol. The summed E-state index contributed by atoms with van der Waals surface area (Å²) in [6.45, 7) is 6.08. The minimum Gasteiger partial charge on any atom is -0.376 e. The number of hydrogen-bond acceptors (Lipinski definition) is 3. The first-order valence-electron chi connectivity index (χ1n) is 7.54. The van der Waals surface area contributed by atoms with E-state index >= 15 is 0 Å². The normalized spacial score (nSPS) is 19.4. The molecule has 0 aromatic heterocycles. The lowest BCUT2D eigenvalue weighted by molar-refractivity contribution is 0.0440. The lowest BCUT2D eigenvalue weighted by Gasteiger charge is -2.35. The molecule has 1 saturated heterocycles. The standard InChI is InChI=1S/C16H25BrN2O/c1-3-9-20-15-5-4-8-19(12-15)16-7-6-14(17)10-13(16)11-18-2/h6-7,10,15,18H,3-5,8-9,11-12H2,1-2H3. The maximum atomic E-state index is 5.94. The highest BCUT2D eigenvalue weighted by molar-refractivity contribution is 9.10. The van der Waals surface area contributed by atoms with Gasteiger partial charge >= 0.3 is 0 Å². The van der Waals surface area contributed by atoms with Gasteiger partial charge in [-0.3, -0.25) is 0 Å². The van der Waals surface area contributed by atoms with E-state index in [2.05, 4.69) is 51.3 Å². The Morgan fingerprint density at radius 1 is 1.45 bits per heavy atom. The van der Waals surface area contributed by atoms with Crippen molar-refractivity contribution in [1.29, 1.82) is 0 Å². The van der Waals surface area contributed by atoms with Gasteiger partial charge in [-0.1, -0.05) is 22.9 Å². The first kappa shape index (κ1) is 15.8. The van der Waals surface area contributed by atoms with Gasteiger partial charge in [0.05, 0.1) is 6.10 Å². The van der Waals surface area contributed by atoms with Gasteiger partial charge in [0.25, 0.3) is 0 Å². The van der Waals surface area contributed by atoms with Gasteiger partial charge in [-0.15, -0.1) is 0 Å². The molecular formula is C16H25BrN2O. The van der Waals surface area contributed by atoms with Crippen molar-refractivity contribution in [3.63, 3.8) is 0 Å². The third-order valence-electron chi connectivity index (χ3n) is 3.69. The molecule has 2 rings (SSSR count). The van der Waals surface area contributed by atoms with Crippen molar-refractivity contribution in [2.24, 2.45) is 0 Å². The van der Waals surface area contributed by atoms with Crippen molar-refractivity contribution < 1.29 is 4.74 Å². The monoisotopic (exact) mass is 340 g/mol. The number of benzene rings is 1. The van der Waals surface area contributed by atoms with Crippen LogP contribution in [0.4, 0.5) is 5.69 Å². The van der Waals surface area contributed by atoms with Crippen LogP contribution in [0.2, 0.25) is 0 Å². The van der Waals surface area contributed by atoms with Gasteiger partial charge in [0.15, 0.2) is 0 Å². The molecule has 1 heterocycles. The van der Waals surface area contributed by atoms with Crippen molar-refractivity contribution in [3.8, 4) is 0 Å². The van der Waals surface area contributed by atoms with E-state index in [1.807, 2.05) is 7.05 Å². The number of nitrogens with zero attached hydrogens (tertiary/aromatic N) is 1. The Morgan fingerprint density at radius 3 is 3.05 bits per heavy atom. The summed E-state index contributed by atoms with van der Waals surface area (Å²) in [5.74, 6) is 0. The fraction of sp³-hybridized carbons (Fsp3) is 0.625. The number of hydrogen-bond donors (Lipinski definition) is 1. The average Bonchev–Trinajstić information content (AvgIpc) is 2.46. The molecule has 1 aromatic carbocycles.